The number of hydrogen-bond acceptors (Lipinski definition) is 3. The summed E-state index contributed by atoms with van der Waals surface area (Å²) in [4.78, 5) is 13.3. The van der Waals surface area contributed by atoms with Crippen molar-refractivity contribution >= 4 is 16.9 Å². The normalized spacial score (nSPS) is 15.0. The van der Waals surface area contributed by atoms with E-state index in [9.17, 15) is 4.79 Å². The number of hydrogen-bond donors (Lipinski definition) is 0. The van der Waals surface area contributed by atoms with Gasteiger partial charge in [-0.15, -0.1) is 0 Å². The van der Waals surface area contributed by atoms with Gasteiger partial charge in [-0.2, -0.15) is 0 Å². The number of nitrogens with zero attached hydrogens (tertiary/aromatic N) is 1. The quantitative estimate of drug-likeness (QED) is 0.790. The van der Waals surface area contributed by atoms with Crippen molar-refractivity contribution in [2.75, 3.05) is 18.8 Å². The minimum absolute atomic E-state index is 0.122. The Labute approximate surface area is 119 Å². The van der Waals surface area contributed by atoms with E-state index in [1.54, 1.807) is 6.92 Å². The monoisotopic (exact) mass is 273 g/mol. The lowest BCUT2D eigenvalue weighted by Crippen LogP contribution is -2.18. The van der Waals surface area contributed by atoms with Gasteiger partial charge >= 0.3 is 0 Å². The Morgan fingerprint density at radius 2 is 2.16 bits per heavy atom. The molecule has 1 aliphatic rings. The molecule has 0 spiro atoms. The van der Waals surface area contributed by atoms with Gasteiger partial charge in [0.05, 0.1) is 5.75 Å². The first-order chi connectivity index (χ1) is 9.24. The van der Waals surface area contributed by atoms with Crippen LogP contribution in [0.4, 0.5) is 0 Å². The molecule has 1 aromatic carbocycles. The van der Waals surface area contributed by atoms with Crippen molar-refractivity contribution in [1.82, 2.24) is 4.90 Å². The predicted octanol–water partition coefficient (Wildman–Crippen LogP) is 2.91. The molecule has 2 rings (SSSR count). The smallest absolute Gasteiger partial charge is 0.186 e. The van der Waals surface area contributed by atoms with Crippen molar-refractivity contribution in [1.29, 1.82) is 0 Å². The molecule has 1 heterocycles. The molecule has 1 aliphatic heterocycles. The van der Waals surface area contributed by atoms with E-state index in [-0.39, 0.29) is 5.12 Å². The highest BCUT2D eigenvalue weighted by Crippen LogP contribution is 2.13. The van der Waals surface area contributed by atoms with Crippen LogP contribution in [0.25, 0.3) is 0 Å². The van der Waals surface area contributed by atoms with E-state index >= 15 is 0 Å². The summed E-state index contributed by atoms with van der Waals surface area (Å²) in [7, 11) is 0. The molecule has 1 aromatic rings. The molecule has 0 amide bonds. The van der Waals surface area contributed by atoms with Gasteiger partial charge in [0.1, 0.15) is 0 Å². The molecule has 0 radical (unpaired) electrons. The van der Waals surface area contributed by atoms with Gasteiger partial charge in [0.25, 0.3) is 0 Å². The predicted molar refractivity (Wildman–Crippen MR) is 81.0 cm³/mol. The van der Waals surface area contributed by atoms with Crippen LogP contribution in [0.15, 0.2) is 24.3 Å². The van der Waals surface area contributed by atoms with E-state index in [0.717, 1.165) is 12.1 Å². The van der Waals surface area contributed by atoms with Crippen LogP contribution in [0.5, 0.6) is 0 Å². The van der Waals surface area contributed by atoms with Crippen LogP contribution in [-0.2, 0) is 11.3 Å². The fourth-order valence-corrected chi connectivity index (χ4v) is 2.57. The summed E-state index contributed by atoms with van der Waals surface area (Å²) >= 11 is 1.26. The van der Waals surface area contributed by atoms with Crippen molar-refractivity contribution < 1.29 is 4.79 Å². The van der Waals surface area contributed by atoms with E-state index in [2.05, 4.69) is 34.9 Å². The molecule has 3 heteroatoms. The molecule has 0 aromatic heterocycles. The lowest BCUT2D eigenvalue weighted by Gasteiger charge is -2.14. The number of benzene rings is 1. The van der Waals surface area contributed by atoms with E-state index in [0.29, 0.717) is 5.75 Å². The van der Waals surface area contributed by atoms with Gasteiger partial charge in [0, 0.05) is 19.0 Å². The van der Waals surface area contributed by atoms with Gasteiger partial charge in [0.15, 0.2) is 5.12 Å². The highest BCUT2D eigenvalue weighted by molar-refractivity contribution is 8.13. The van der Waals surface area contributed by atoms with Crippen LogP contribution in [0.2, 0.25) is 0 Å². The lowest BCUT2D eigenvalue weighted by atomic mass is 10.1. The van der Waals surface area contributed by atoms with Crippen molar-refractivity contribution in [2.24, 2.45) is 0 Å². The zero-order valence-electron chi connectivity index (χ0n) is 11.3. The molecular weight excluding hydrogens is 254 g/mol. The largest absolute Gasteiger partial charge is 0.299 e. The second-order valence-electron chi connectivity index (χ2n) is 4.77. The SMILES string of the molecule is CC(=O)SCC#Cc1cccc(CN2CCCC2)c1. The molecule has 0 atom stereocenters. The molecule has 1 fully saturated rings. The molecule has 100 valence electrons. The molecule has 0 unspecified atom stereocenters. The van der Waals surface area contributed by atoms with Crippen LogP contribution in [-0.4, -0.2) is 28.9 Å². The average molecular weight is 273 g/mol. The first-order valence-electron chi connectivity index (χ1n) is 6.67. The van der Waals surface area contributed by atoms with Gasteiger partial charge in [-0.1, -0.05) is 35.7 Å². The Hall–Kier alpha value is -1.24. The van der Waals surface area contributed by atoms with Gasteiger partial charge in [-0.05, 0) is 43.6 Å². The van der Waals surface area contributed by atoms with Crippen molar-refractivity contribution in [3.63, 3.8) is 0 Å². The number of carbonyl (C=O) groups is 1. The zero-order valence-corrected chi connectivity index (χ0v) is 12.1. The second kappa shape index (κ2) is 7.37. The highest BCUT2D eigenvalue weighted by Gasteiger charge is 2.11. The molecule has 0 N–H and O–H groups in total. The fourth-order valence-electron chi connectivity index (χ4n) is 2.22. The van der Waals surface area contributed by atoms with Crippen LogP contribution in [0, 0.1) is 11.8 Å². The Morgan fingerprint density at radius 1 is 1.37 bits per heavy atom. The van der Waals surface area contributed by atoms with E-state index < -0.39 is 0 Å². The Bertz CT molecular complexity index is 495. The maximum absolute atomic E-state index is 10.8. The zero-order chi connectivity index (χ0) is 13.5. The molecule has 19 heavy (non-hydrogen) atoms. The third kappa shape index (κ3) is 5.10. The van der Waals surface area contributed by atoms with Crippen molar-refractivity contribution in [2.45, 2.75) is 26.3 Å². The van der Waals surface area contributed by atoms with Crippen molar-refractivity contribution in [3.8, 4) is 11.8 Å². The number of thioether (sulfide) groups is 1. The number of rotatable bonds is 3. The molecule has 2 nitrogen and oxygen atoms in total. The Balaban J connectivity index is 1.92. The fraction of sp³-hybridized carbons (Fsp3) is 0.438. The average Bonchev–Trinajstić information content (AvgIpc) is 2.88. The Morgan fingerprint density at radius 3 is 2.89 bits per heavy atom. The summed E-state index contributed by atoms with van der Waals surface area (Å²) in [5.41, 5.74) is 2.37. The lowest BCUT2D eigenvalue weighted by molar-refractivity contribution is -0.109. The standard InChI is InChI=1S/C16H19NOS/c1-14(18)19-11-5-8-15-6-4-7-16(12-15)13-17-9-2-3-10-17/h4,6-7,12H,2-3,9-11,13H2,1H3. The summed E-state index contributed by atoms with van der Waals surface area (Å²) in [6.45, 7) is 5.02. The van der Waals surface area contributed by atoms with Crippen LogP contribution in [0.3, 0.4) is 0 Å². The van der Waals surface area contributed by atoms with E-state index in [1.165, 1.54) is 43.3 Å². The number of likely N-dealkylation sites (tertiary alicyclic amines) is 1. The van der Waals surface area contributed by atoms with Gasteiger partial charge < -0.3 is 0 Å². The van der Waals surface area contributed by atoms with E-state index in [4.69, 9.17) is 0 Å². The third-order valence-corrected chi connectivity index (χ3v) is 3.81. The van der Waals surface area contributed by atoms with Crippen LogP contribution >= 0.6 is 11.8 Å². The molecular formula is C16H19NOS. The van der Waals surface area contributed by atoms with E-state index in [1.807, 2.05) is 6.07 Å². The first kappa shape index (κ1) is 14.2. The maximum atomic E-state index is 10.8. The number of carbonyl (C=O) groups excluding carboxylic acids is 1. The minimum Gasteiger partial charge on any atom is -0.299 e. The third-order valence-electron chi connectivity index (χ3n) is 3.11. The Kier molecular flexibility index (Phi) is 5.50. The summed E-state index contributed by atoms with van der Waals surface area (Å²) in [6.07, 6.45) is 2.64. The van der Waals surface area contributed by atoms with Gasteiger partial charge in [-0.25, -0.2) is 0 Å². The minimum atomic E-state index is 0.122. The van der Waals surface area contributed by atoms with Crippen LogP contribution in [0.1, 0.15) is 30.9 Å². The maximum Gasteiger partial charge on any atom is 0.186 e. The first-order valence-corrected chi connectivity index (χ1v) is 7.66. The van der Waals surface area contributed by atoms with Gasteiger partial charge in [-0.3, -0.25) is 9.69 Å². The second-order valence-corrected chi connectivity index (χ2v) is 5.92. The topological polar surface area (TPSA) is 20.3 Å². The summed E-state index contributed by atoms with van der Waals surface area (Å²) in [5.74, 6) is 6.73. The molecule has 0 aliphatic carbocycles. The van der Waals surface area contributed by atoms with Crippen molar-refractivity contribution in [3.05, 3.63) is 35.4 Å². The van der Waals surface area contributed by atoms with Crippen LogP contribution < -0.4 is 0 Å². The summed E-state index contributed by atoms with van der Waals surface area (Å²) in [6, 6.07) is 8.41. The molecule has 1 saturated heterocycles. The van der Waals surface area contributed by atoms with Gasteiger partial charge in [0.2, 0.25) is 0 Å². The molecule has 0 bridgehead atoms. The summed E-state index contributed by atoms with van der Waals surface area (Å²) < 4.78 is 0. The highest BCUT2D eigenvalue weighted by atomic mass is 32.2. The summed E-state index contributed by atoms with van der Waals surface area (Å²) in [5, 5.41) is 0.122. The molecule has 0 saturated carbocycles.